The Hall–Kier alpha value is -2.17. The number of amides is 1. The number of hydrogen-bond acceptors (Lipinski definition) is 4. The third kappa shape index (κ3) is 2.83. The van der Waals surface area contributed by atoms with Crippen LogP contribution in [0.3, 0.4) is 0 Å². The highest BCUT2D eigenvalue weighted by Gasteiger charge is 2.42. The van der Waals surface area contributed by atoms with Crippen LogP contribution in [0.5, 0.6) is 0 Å². The summed E-state index contributed by atoms with van der Waals surface area (Å²) in [6, 6.07) is 7.87. The number of rotatable bonds is 6. The fourth-order valence-electron chi connectivity index (χ4n) is 3.39. The molecule has 1 aromatic heterocycles. The summed E-state index contributed by atoms with van der Waals surface area (Å²) in [4.78, 5) is 17.0. The maximum absolute atomic E-state index is 12.5. The van der Waals surface area contributed by atoms with Gasteiger partial charge in [0.15, 0.2) is 5.82 Å². The zero-order chi connectivity index (χ0) is 16.1. The molecule has 5 nitrogen and oxygen atoms in total. The molecule has 5 rings (SSSR count). The van der Waals surface area contributed by atoms with Gasteiger partial charge in [-0.25, -0.2) is 0 Å². The quantitative estimate of drug-likeness (QED) is 0.883. The van der Waals surface area contributed by atoms with Gasteiger partial charge < -0.3 is 9.84 Å². The molecule has 5 heteroatoms. The van der Waals surface area contributed by atoms with Crippen LogP contribution in [-0.2, 0) is 0 Å². The van der Waals surface area contributed by atoms with Gasteiger partial charge in [0.05, 0.1) is 0 Å². The minimum Gasteiger partial charge on any atom is -0.349 e. The molecule has 0 spiro atoms. The van der Waals surface area contributed by atoms with Gasteiger partial charge in [-0.3, -0.25) is 4.79 Å². The normalized spacial score (nSPS) is 20.4. The Balaban J connectivity index is 1.28. The molecule has 1 N–H and O–H groups in total. The summed E-state index contributed by atoms with van der Waals surface area (Å²) in [5.74, 6) is 3.28. The van der Waals surface area contributed by atoms with Gasteiger partial charge in [0.1, 0.15) is 0 Å². The van der Waals surface area contributed by atoms with Gasteiger partial charge in [0.25, 0.3) is 11.8 Å². The summed E-state index contributed by atoms with van der Waals surface area (Å²) < 4.78 is 5.33. The van der Waals surface area contributed by atoms with E-state index in [9.17, 15) is 4.79 Å². The second-order valence-electron chi connectivity index (χ2n) is 7.48. The average molecular weight is 323 g/mol. The Morgan fingerprint density at radius 2 is 1.71 bits per heavy atom. The van der Waals surface area contributed by atoms with Gasteiger partial charge in [-0.05, 0) is 74.6 Å². The van der Waals surface area contributed by atoms with Crippen molar-refractivity contribution < 1.29 is 9.32 Å². The molecule has 1 aromatic carbocycles. The maximum Gasteiger partial charge on any atom is 0.257 e. The minimum absolute atomic E-state index is 0.0366. The lowest BCUT2D eigenvalue weighted by atomic mass is 10.1. The Labute approximate surface area is 140 Å². The van der Waals surface area contributed by atoms with Gasteiger partial charge in [-0.15, -0.1) is 0 Å². The minimum atomic E-state index is 0.0366. The highest BCUT2D eigenvalue weighted by Crippen LogP contribution is 2.44. The Kier molecular flexibility index (Phi) is 3.21. The van der Waals surface area contributed by atoms with E-state index in [1.54, 1.807) is 0 Å². The van der Waals surface area contributed by atoms with E-state index < -0.39 is 0 Å². The first-order valence-electron chi connectivity index (χ1n) is 9.03. The summed E-state index contributed by atoms with van der Waals surface area (Å²) in [6.45, 7) is 0. The van der Waals surface area contributed by atoms with Gasteiger partial charge in [0, 0.05) is 23.1 Å². The lowest BCUT2D eigenvalue weighted by Crippen LogP contribution is -2.38. The zero-order valence-electron chi connectivity index (χ0n) is 13.6. The molecule has 1 amide bonds. The van der Waals surface area contributed by atoms with E-state index in [-0.39, 0.29) is 5.91 Å². The SMILES string of the molecule is O=C(NC(C1CC1)C1CC1)c1ccc(-c2nc(C3CC3)no2)cc1. The van der Waals surface area contributed by atoms with Gasteiger partial charge in [-0.2, -0.15) is 4.98 Å². The van der Waals surface area contributed by atoms with Crippen LogP contribution in [0, 0.1) is 11.8 Å². The molecule has 24 heavy (non-hydrogen) atoms. The predicted octanol–water partition coefficient (Wildman–Crippen LogP) is 3.53. The Morgan fingerprint density at radius 3 is 2.29 bits per heavy atom. The van der Waals surface area contributed by atoms with Crippen molar-refractivity contribution in [2.24, 2.45) is 11.8 Å². The molecule has 124 valence electrons. The smallest absolute Gasteiger partial charge is 0.257 e. The molecule has 3 aliphatic carbocycles. The molecule has 3 fully saturated rings. The van der Waals surface area contributed by atoms with E-state index in [1.165, 1.54) is 25.7 Å². The molecule has 0 aliphatic heterocycles. The van der Waals surface area contributed by atoms with Gasteiger partial charge in [0.2, 0.25) is 0 Å². The predicted molar refractivity (Wildman–Crippen MR) is 88.4 cm³/mol. The number of aromatic nitrogens is 2. The summed E-state index contributed by atoms with van der Waals surface area (Å²) in [5, 5.41) is 7.29. The van der Waals surface area contributed by atoms with Crippen LogP contribution in [-0.4, -0.2) is 22.1 Å². The van der Waals surface area contributed by atoms with Crippen LogP contribution in [0.4, 0.5) is 0 Å². The van der Waals surface area contributed by atoms with Crippen LogP contribution < -0.4 is 5.32 Å². The zero-order valence-corrected chi connectivity index (χ0v) is 13.6. The van der Waals surface area contributed by atoms with E-state index >= 15 is 0 Å². The second kappa shape index (κ2) is 5.43. The number of nitrogens with zero attached hydrogens (tertiary/aromatic N) is 2. The first-order valence-corrected chi connectivity index (χ1v) is 9.03. The Bertz CT molecular complexity index is 743. The third-order valence-corrected chi connectivity index (χ3v) is 5.34. The van der Waals surface area contributed by atoms with Crippen molar-refractivity contribution in [3.63, 3.8) is 0 Å². The summed E-state index contributed by atoms with van der Waals surface area (Å²) in [6.07, 6.45) is 7.37. The number of nitrogens with one attached hydrogen (secondary N) is 1. The molecule has 2 aromatic rings. The lowest BCUT2D eigenvalue weighted by Gasteiger charge is -2.17. The van der Waals surface area contributed by atoms with E-state index in [0.29, 0.717) is 35.2 Å². The lowest BCUT2D eigenvalue weighted by molar-refractivity contribution is 0.0926. The molecule has 0 atom stereocenters. The Morgan fingerprint density at radius 1 is 1.04 bits per heavy atom. The van der Waals surface area contributed by atoms with Crippen molar-refractivity contribution in [2.45, 2.75) is 50.5 Å². The third-order valence-electron chi connectivity index (χ3n) is 5.34. The van der Waals surface area contributed by atoms with Crippen LogP contribution in [0.2, 0.25) is 0 Å². The van der Waals surface area contributed by atoms with E-state index in [1.807, 2.05) is 24.3 Å². The summed E-state index contributed by atoms with van der Waals surface area (Å²) in [7, 11) is 0. The monoisotopic (exact) mass is 323 g/mol. The van der Waals surface area contributed by atoms with Gasteiger partial charge in [-0.1, -0.05) is 5.16 Å². The molecule has 0 saturated heterocycles. The first-order chi connectivity index (χ1) is 11.8. The summed E-state index contributed by atoms with van der Waals surface area (Å²) in [5.41, 5.74) is 1.57. The van der Waals surface area contributed by atoms with Crippen molar-refractivity contribution in [1.29, 1.82) is 0 Å². The van der Waals surface area contributed by atoms with Crippen LogP contribution in [0.1, 0.15) is 60.6 Å². The van der Waals surface area contributed by atoms with Crippen molar-refractivity contribution >= 4 is 5.91 Å². The summed E-state index contributed by atoms with van der Waals surface area (Å²) >= 11 is 0. The molecule has 0 radical (unpaired) electrons. The van der Waals surface area contributed by atoms with Crippen molar-refractivity contribution in [3.8, 4) is 11.5 Å². The van der Waals surface area contributed by atoms with Crippen LogP contribution in [0.15, 0.2) is 28.8 Å². The first kappa shape index (κ1) is 14.2. The fraction of sp³-hybridized carbons (Fsp3) is 0.526. The van der Waals surface area contributed by atoms with Crippen LogP contribution >= 0.6 is 0 Å². The number of hydrogen-bond donors (Lipinski definition) is 1. The molecule has 1 heterocycles. The molecular formula is C19H21N3O2. The molecule has 3 aliphatic rings. The maximum atomic E-state index is 12.5. The standard InChI is InChI=1S/C19H21N3O2/c23-18(20-16(11-1-2-11)12-3-4-12)14-7-9-15(10-8-14)19-21-17(22-24-19)13-5-6-13/h7-13,16H,1-6H2,(H,20,23). The number of carbonyl (C=O) groups is 1. The van der Waals surface area contributed by atoms with E-state index in [4.69, 9.17) is 4.52 Å². The molecule has 0 unspecified atom stereocenters. The molecule has 3 saturated carbocycles. The largest absolute Gasteiger partial charge is 0.349 e. The number of benzene rings is 1. The van der Waals surface area contributed by atoms with Crippen molar-refractivity contribution in [2.75, 3.05) is 0 Å². The van der Waals surface area contributed by atoms with Crippen molar-refractivity contribution in [1.82, 2.24) is 15.5 Å². The highest BCUT2D eigenvalue weighted by molar-refractivity contribution is 5.94. The highest BCUT2D eigenvalue weighted by atomic mass is 16.5. The van der Waals surface area contributed by atoms with Crippen molar-refractivity contribution in [3.05, 3.63) is 35.7 Å². The molecule has 0 bridgehead atoms. The molecular weight excluding hydrogens is 302 g/mol. The van der Waals surface area contributed by atoms with E-state index in [2.05, 4.69) is 15.5 Å². The van der Waals surface area contributed by atoms with Gasteiger partial charge >= 0.3 is 0 Å². The average Bonchev–Trinajstić information content (AvgIpc) is 3.44. The number of carbonyl (C=O) groups excluding carboxylic acids is 1. The fourth-order valence-corrected chi connectivity index (χ4v) is 3.39. The van der Waals surface area contributed by atoms with Crippen LogP contribution in [0.25, 0.3) is 11.5 Å². The second-order valence-corrected chi connectivity index (χ2v) is 7.48. The topological polar surface area (TPSA) is 68.0 Å². The van der Waals surface area contributed by atoms with E-state index in [0.717, 1.165) is 24.2 Å².